The van der Waals surface area contributed by atoms with Crippen molar-refractivity contribution in [1.29, 1.82) is 0 Å². The third kappa shape index (κ3) is 5.85. The Morgan fingerprint density at radius 1 is 1.00 bits per heavy atom. The number of aryl methyl sites for hydroxylation is 1. The summed E-state index contributed by atoms with van der Waals surface area (Å²) in [7, 11) is 2.16. The van der Waals surface area contributed by atoms with E-state index >= 15 is 0 Å². The van der Waals surface area contributed by atoms with Crippen LogP contribution in [0.3, 0.4) is 0 Å². The van der Waals surface area contributed by atoms with Crippen LogP contribution in [0.25, 0.3) is 22.4 Å². The zero-order valence-corrected chi connectivity index (χ0v) is 22.6. The summed E-state index contributed by atoms with van der Waals surface area (Å²) in [6, 6.07) is 18.9. The van der Waals surface area contributed by atoms with Gasteiger partial charge < -0.3 is 19.9 Å². The summed E-state index contributed by atoms with van der Waals surface area (Å²) in [5, 5.41) is 3.07. The number of rotatable bonds is 7. The van der Waals surface area contributed by atoms with Crippen molar-refractivity contribution < 1.29 is 9.53 Å². The monoisotopic (exact) mass is 533 g/mol. The van der Waals surface area contributed by atoms with Crippen molar-refractivity contribution in [1.82, 2.24) is 29.7 Å². The number of anilines is 1. The lowest BCUT2D eigenvalue weighted by Crippen LogP contribution is -2.43. The highest BCUT2D eigenvalue weighted by Crippen LogP contribution is 2.30. The summed E-state index contributed by atoms with van der Waals surface area (Å²) in [4.78, 5) is 34.6. The number of amides is 1. The maximum absolute atomic E-state index is 13.3. The molecule has 4 heterocycles. The normalized spacial score (nSPS) is 14.3. The van der Waals surface area contributed by atoms with E-state index in [-0.39, 0.29) is 5.91 Å². The molecule has 0 saturated carbocycles. The summed E-state index contributed by atoms with van der Waals surface area (Å²) in [5.74, 6) is 1.21. The largest absolute Gasteiger partial charge is 0.437 e. The highest BCUT2D eigenvalue weighted by Gasteiger charge is 2.16. The molecule has 9 nitrogen and oxygen atoms in total. The van der Waals surface area contributed by atoms with Gasteiger partial charge in [-0.1, -0.05) is 12.1 Å². The van der Waals surface area contributed by atoms with E-state index in [1.807, 2.05) is 24.3 Å². The Bertz CT molecular complexity index is 1640. The highest BCUT2D eigenvalue weighted by atomic mass is 16.5. The van der Waals surface area contributed by atoms with Gasteiger partial charge in [0.05, 0.1) is 5.52 Å². The van der Waals surface area contributed by atoms with Crippen molar-refractivity contribution in [2.75, 3.05) is 38.5 Å². The van der Waals surface area contributed by atoms with Gasteiger partial charge in [0.2, 0.25) is 5.88 Å². The number of piperazine rings is 1. The van der Waals surface area contributed by atoms with Gasteiger partial charge in [-0.15, -0.1) is 0 Å². The van der Waals surface area contributed by atoms with Gasteiger partial charge >= 0.3 is 0 Å². The molecule has 2 N–H and O–H groups in total. The Balaban J connectivity index is 1.20. The van der Waals surface area contributed by atoms with Gasteiger partial charge in [0.25, 0.3) is 5.91 Å². The Labute approximate surface area is 232 Å². The number of carbonyl (C=O) groups excluding carboxylic acids is 1. The molecule has 1 aliphatic rings. The van der Waals surface area contributed by atoms with Crippen LogP contribution in [0.4, 0.5) is 5.69 Å². The quantitative estimate of drug-likeness (QED) is 0.300. The Kier molecular flexibility index (Phi) is 7.22. The van der Waals surface area contributed by atoms with Crippen LogP contribution in [0.1, 0.15) is 21.5 Å². The molecule has 9 heteroatoms. The standard InChI is InChI=1S/C31H31N7O2/c1-21-16-22(20-38-14-12-37(2)13-15-38)18-25(17-21)34-30(39)24-4-3-5-26(19-24)40-31-28-27(8-11-33-28)35-29(36-31)23-6-9-32-10-7-23/h3-11,16-19,33H,12-15,20H2,1-2H3,(H,34,39). The van der Waals surface area contributed by atoms with Crippen LogP contribution in [0.5, 0.6) is 11.6 Å². The number of hydrogen-bond donors (Lipinski definition) is 2. The summed E-state index contributed by atoms with van der Waals surface area (Å²) in [6.45, 7) is 7.16. The second kappa shape index (κ2) is 11.3. The van der Waals surface area contributed by atoms with Crippen molar-refractivity contribution in [2.24, 2.45) is 0 Å². The lowest BCUT2D eigenvalue weighted by molar-refractivity contribution is 0.102. The predicted molar refractivity (Wildman–Crippen MR) is 156 cm³/mol. The molecular formula is C31H31N7O2. The van der Waals surface area contributed by atoms with Gasteiger partial charge in [-0.05, 0) is 73.6 Å². The number of aromatic amines is 1. The van der Waals surface area contributed by atoms with E-state index in [4.69, 9.17) is 4.74 Å². The van der Waals surface area contributed by atoms with Crippen LogP contribution >= 0.6 is 0 Å². The summed E-state index contributed by atoms with van der Waals surface area (Å²) >= 11 is 0. The molecule has 0 aliphatic carbocycles. The van der Waals surface area contributed by atoms with E-state index < -0.39 is 0 Å². The fourth-order valence-electron chi connectivity index (χ4n) is 4.93. The molecule has 40 heavy (non-hydrogen) atoms. The number of ether oxygens (including phenoxy) is 1. The van der Waals surface area contributed by atoms with Crippen molar-refractivity contribution in [3.05, 3.63) is 95.9 Å². The first-order valence-corrected chi connectivity index (χ1v) is 13.4. The molecule has 5 aromatic rings. The minimum Gasteiger partial charge on any atom is -0.437 e. The average molecular weight is 534 g/mol. The topological polar surface area (TPSA) is 99.3 Å². The lowest BCUT2D eigenvalue weighted by atomic mass is 10.1. The molecule has 0 unspecified atom stereocenters. The van der Waals surface area contributed by atoms with Crippen molar-refractivity contribution in [3.63, 3.8) is 0 Å². The zero-order valence-electron chi connectivity index (χ0n) is 22.6. The molecule has 0 spiro atoms. The smallest absolute Gasteiger partial charge is 0.255 e. The van der Waals surface area contributed by atoms with Crippen molar-refractivity contribution in [2.45, 2.75) is 13.5 Å². The minimum atomic E-state index is -0.202. The Hall–Kier alpha value is -4.60. The first-order chi connectivity index (χ1) is 19.5. The number of likely N-dealkylation sites (N-methyl/N-ethyl adjacent to an activating group) is 1. The summed E-state index contributed by atoms with van der Waals surface area (Å²) in [5.41, 5.74) is 5.83. The lowest BCUT2D eigenvalue weighted by Gasteiger charge is -2.32. The van der Waals surface area contributed by atoms with Crippen LogP contribution in [-0.2, 0) is 6.54 Å². The van der Waals surface area contributed by atoms with Gasteiger partial charge in [0, 0.05) is 68.1 Å². The Morgan fingerprint density at radius 2 is 1.82 bits per heavy atom. The molecule has 0 atom stereocenters. The van der Waals surface area contributed by atoms with E-state index in [9.17, 15) is 4.79 Å². The van der Waals surface area contributed by atoms with E-state index in [1.165, 1.54) is 5.56 Å². The number of pyridine rings is 1. The number of nitrogens with one attached hydrogen (secondary N) is 2. The number of hydrogen-bond acceptors (Lipinski definition) is 7. The highest BCUT2D eigenvalue weighted by molar-refractivity contribution is 6.04. The maximum Gasteiger partial charge on any atom is 0.255 e. The zero-order chi connectivity index (χ0) is 27.5. The van der Waals surface area contributed by atoms with E-state index in [2.05, 4.69) is 61.2 Å². The van der Waals surface area contributed by atoms with Crippen molar-refractivity contribution >= 4 is 22.6 Å². The molecule has 3 aromatic heterocycles. The minimum absolute atomic E-state index is 0.202. The second-order valence-corrected chi connectivity index (χ2v) is 10.2. The van der Waals surface area contributed by atoms with Gasteiger partial charge in [-0.3, -0.25) is 14.7 Å². The molecule has 0 radical (unpaired) electrons. The van der Waals surface area contributed by atoms with E-state index in [0.717, 1.165) is 55.1 Å². The van der Waals surface area contributed by atoms with Crippen LogP contribution in [0.2, 0.25) is 0 Å². The number of fused-ring (bicyclic) bond motifs is 1. The van der Waals surface area contributed by atoms with E-state index in [0.29, 0.717) is 28.5 Å². The van der Waals surface area contributed by atoms with E-state index in [1.54, 1.807) is 42.9 Å². The fraction of sp³-hybridized carbons (Fsp3) is 0.226. The molecular weight excluding hydrogens is 502 g/mol. The third-order valence-corrected chi connectivity index (χ3v) is 7.02. The van der Waals surface area contributed by atoms with Gasteiger partial charge in [0.1, 0.15) is 11.3 Å². The van der Waals surface area contributed by atoms with Crippen LogP contribution < -0.4 is 10.1 Å². The molecule has 6 rings (SSSR count). The SMILES string of the molecule is Cc1cc(CN2CCN(C)CC2)cc(NC(=O)c2cccc(Oc3nc(-c4ccncc4)nc4cc[nH]c34)c2)c1. The summed E-state index contributed by atoms with van der Waals surface area (Å²) in [6.07, 6.45) is 5.20. The van der Waals surface area contributed by atoms with Crippen LogP contribution in [0, 0.1) is 6.92 Å². The maximum atomic E-state index is 13.3. The van der Waals surface area contributed by atoms with Crippen LogP contribution in [0.15, 0.2) is 79.3 Å². The molecule has 202 valence electrons. The number of benzene rings is 2. The molecule has 2 aromatic carbocycles. The van der Waals surface area contributed by atoms with Gasteiger partial charge in [-0.25, -0.2) is 4.98 Å². The van der Waals surface area contributed by atoms with Crippen molar-refractivity contribution in [3.8, 4) is 23.0 Å². The molecule has 1 saturated heterocycles. The van der Waals surface area contributed by atoms with Gasteiger partial charge in [-0.2, -0.15) is 4.98 Å². The Morgan fingerprint density at radius 3 is 2.65 bits per heavy atom. The number of carbonyl (C=O) groups is 1. The average Bonchev–Trinajstić information content (AvgIpc) is 3.44. The molecule has 0 bridgehead atoms. The number of aromatic nitrogens is 4. The summed E-state index contributed by atoms with van der Waals surface area (Å²) < 4.78 is 6.20. The van der Waals surface area contributed by atoms with Crippen LogP contribution in [-0.4, -0.2) is 68.9 Å². The molecule has 1 aliphatic heterocycles. The first-order valence-electron chi connectivity index (χ1n) is 13.4. The van der Waals surface area contributed by atoms with Gasteiger partial charge in [0.15, 0.2) is 5.82 Å². The second-order valence-electron chi connectivity index (χ2n) is 10.2. The fourth-order valence-corrected chi connectivity index (χ4v) is 4.93. The molecule has 1 amide bonds. The predicted octanol–water partition coefficient (Wildman–Crippen LogP) is 5.12. The third-order valence-electron chi connectivity index (χ3n) is 7.02. The number of H-pyrrole nitrogens is 1. The number of nitrogens with zero attached hydrogens (tertiary/aromatic N) is 5. The molecule has 1 fully saturated rings. The first kappa shape index (κ1) is 25.7.